The fourth-order valence-corrected chi connectivity index (χ4v) is 2.30. The van der Waals surface area contributed by atoms with Crippen LogP contribution in [0, 0.1) is 5.92 Å². The SMILES string of the molecule is COC(=O)NC(C(=O)O)C1C[C@H](C)O[C@@H](C)C1.S.S. The van der Waals surface area contributed by atoms with Gasteiger partial charge in [0.15, 0.2) is 0 Å². The number of ether oxygens (including phenoxy) is 2. The highest BCUT2D eigenvalue weighted by molar-refractivity contribution is 7.59. The molecule has 0 spiro atoms. The van der Waals surface area contributed by atoms with E-state index in [2.05, 4.69) is 10.1 Å². The third-order valence-corrected chi connectivity index (χ3v) is 2.93. The number of nitrogens with one attached hydrogen (secondary N) is 1. The van der Waals surface area contributed by atoms with Gasteiger partial charge in [0.05, 0.1) is 19.3 Å². The zero-order valence-corrected chi connectivity index (χ0v) is 13.3. The molecule has 8 heteroatoms. The Balaban J connectivity index is 0. The minimum absolute atomic E-state index is 0. The molecule has 1 aliphatic rings. The lowest BCUT2D eigenvalue weighted by molar-refractivity contribution is -0.143. The van der Waals surface area contributed by atoms with E-state index in [0.717, 1.165) is 0 Å². The van der Waals surface area contributed by atoms with Crippen molar-refractivity contribution in [3.63, 3.8) is 0 Å². The minimum atomic E-state index is -1.04. The maximum absolute atomic E-state index is 11.2. The van der Waals surface area contributed by atoms with E-state index in [0.29, 0.717) is 12.8 Å². The largest absolute Gasteiger partial charge is 0.480 e. The summed E-state index contributed by atoms with van der Waals surface area (Å²) in [5.74, 6) is -1.17. The zero-order chi connectivity index (χ0) is 13.0. The Kier molecular flexibility index (Phi) is 10.2. The van der Waals surface area contributed by atoms with Gasteiger partial charge in [0.25, 0.3) is 0 Å². The first-order valence-corrected chi connectivity index (χ1v) is 5.66. The van der Waals surface area contributed by atoms with Gasteiger partial charge in [-0.05, 0) is 32.6 Å². The second-order valence-corrected chi connectivity index (χ2v) is 4.44. The monoisotopic (exact) mass is 313 g/mol. The molecule has 0 bridgehead atoms. The first kappa shape index (κ1) is 20.7. The standard InChI is InChI=1S/C11H19NO5.2H2S/c1-6-4-8(5-7(2)17-6)9(10(13)14)12-11(15)16-3;;/h6-9H,4-5H2,1-3H3,(H,12,15)(H,13,14);2*1H2/t6-,7-,9?;;/m0../s1. The topological polar surface area (TPSA) is 84.9 Å². The third-order valence-electron chi connectivity index (χ3n) is 2.93. The Morgan fingerprint density at radius 1 is 1.26 bits per heavy atom. The van der Waals surface area contributed by atoms with E-state index in [1.807, 2.05) is 13.8 Å². The second-order valence-electron chi connectivity index (χ2n) is 4.44. The van der Waals surface area contributed by atoms with Crippen LogP contribution in [0.1, 0.15) is 26.7 Å². The number of methoxy groups -OCH3 is 1. The summed E-state index contributed by atoms with van der Waals surface area (Å²) in [6, 6.07) is -0.920. The summed E-state index contributed by atoms with van der Waals surface area (Å²) in [7, 11) is 1.21. The van der Waals surface area contributed by atoms with Crippen molar-refractivity contribution in [3.8, 4) is 0 Å². The van der Waals surface area contributed by atoms with Gasteiger partial charge in [-0.2, -0.15) is 27.0 Å². The minimum Gasteiger partial charge on any atom is -0.480 e. The number of hydrogen-bond donors (Lipinski definition) is 2. The average molecular weight is 313 g/mol. The van der Waals surface area contributed by atoms with Crippen molar-refractivity contribution in [2.24, 2.45) is 5.92 Å². The van der Waals surface area contributed by atoms with E-state index in [1.165, 1.54) is 7.11 Å². The van der Waals surface area contributed by atoms with Crippen molar-refractivity contribution in [2.75, 3.05) is 7.11 Å². The average Bonchev–Trinajstić information content (AvgIpc) is 2.23. The molecular formula is C11H23NO5S2. The molecule has 6 nitrogen and oxygen atoms in total. The molecule has 0 aromatic heterocycles. The molecule has 1 heterocycles. The van der Waals surface area contributed by atoms with Gasteiger partial charge in [0, 0.05) is 0 Å². The molecule has 1 amide bonds. The Labute approximate surface area is 127 Å². The van der Waals surface area contributed by atoms with Crippen molar-refractivity contribution in [2.45, 2.75) is 44.9 Å². The lowest BCUT2D eigenvalue weighted by Crippen LogP contribution is -2.49. The Bertz CT molecular complexity index is 293. The molecule has 0 radical (unpaired) electrons. The first-order chi connectivity index (χ1) is 7.93. The van der Waals surface area contributed by atoms with Crippen LogP contribution < -0.4 is 5.32 Å². The summed E-state index contributed by atoms with van der Waals surface area (Å²) in [4.78, 5) is 22.3. The molecule has 19 heavy (non-hydrogen) atoms. The summed E-state index contributed by atoms with van der Waals surface area (Å²) in [6.07, 6.45) is 0.524. The predicted molar refractivity (Wildman–Crippen MR) is 80.5 cm³/mol. The van der Waals surface area contributed by atoms with Gasteiger partial charge in [-0.3, -0.25) is 0 Å². The molecule has 0 aliphatic carbocycles. The Morgan fingerprint density at radius 3 is 2.11 bits per heavy atom. The number of carbonyl (C=O) groups is 2. The van der Waals surface area contributed by atoms with Gasteiger partial charge in [0.2, 0.25) is 0 Å². The van der Waals surface area contributed by atoms with Crippen molar-refractivity contribution in [1.82, 2.24) is 5.32 Å². The smallest absolute Gasteiger partial charge is 0.407 e. The van der Waals surface area contributed by atoms with Gasteiger partial charge >= 0.3 is 12.1 Å². The molecule has 1 saturated heterocycles. The number of aliphatic carboxylic acids is 1. The lowest BCUT2D eigenvalue weighted by atomic mass is 9.86. The highest BCUT2D eigenvalue weighted by Gasteiger charge is 2.35. The van der Waals surface area contributed by atoms with Crippen LogP contribution in [0.15, 0.2) is 0 Å². The zero-order valence-electron chi connectivity index (χ0n) is 11.3. The van der Waals surface area contributed by atoms with Crippen LogP contribution >= 0.6 is 27.0 Å². The van der Waals surface area contributed by atoms with E-state index in [4.69, 9.17) is 9.84 Å². The predicted octanol–water partition coefficient (Wildman–Crippen LogP) is 1.22. The van der Waals surface area contributed by atoms with Gasteiger partial charge in [0.1, 0.15) is 6.04 Å². The number of carbonyl (C=O) groups excluding carboxylic acids is 1. The summed E-state index contributed by atoms with van der Waals surface area (Å²) < 4.78 is 9.97. The van der Waals surface area contributed by atoms with E-state index < -0.39 is 18.1 Å². The number of carboxylic acid groups (broad SMARTS) is 1. The van der Waals surface area contributed by atoms with Crippen LogP contribution in [0.5, 0.6) is 0 Å². The van der Waals surface area contributed by atoms with Crippen LogP contribution in [-0.2, 0) is 14.3 Å². The van der Waals surface area contributed by atoms with Crippen LogP contribution in [0.2, 0.25) is 0 Å². The van der Waals surface area contributed by atoms with Crippen LogP contribution in [0.3, 0.4) is 0 Å². The number of rotatable bonds is 3. The summed E-state index contributed by atoms with van der Waals surface area (Å²) in [6.45, 7) is 3.80. The van der Waals surface area contributed by atoms with Crippen molar-refractivity contribution in [3.05, 3.63) is 0 Å². The fraction of sp³-hybridized carbons (Fsp3) is 0.818. The van der Waals surface area contributed by atoms with Crippen molar-refractivity contribution >= 4 is 39.1 Å². The molecule has 1 aliphatic heterocycles. The van der Waals surface area contributed by atoms with E-state index >= 15 is 0 Å². The summed E-state index contributed by atoms with van der Waals surface area (Å²) >= 11 is 0. The number of carboxylic acids is 1. The quantitative estimate of drug-likeness (QED) is 0.818. The van der Waals surface area contributed by atoms with E-state index in [-0.39, 0.29) is 45.1 Å². The van der Waals surface area contributed by atoms with Gasteiger partial charge in [-0.1, -0.05) is 0 Å². The van der Waals surface area contributed by atoms with Crippen LogP contribution in [0.4, 0.5) is 4.79 Å². The Hall–Kier alpha value is -0.600. The molecule has 3 atom stereocenters. The number of hydrogen-bond acceptors (Lipinski definition) is 4. The normalized spacial score (nSPS) is 27.2. The maximum Gasteiger partial charge on any atom is 0.407 e. The van der Waals surface area contributed by atoms with Gasteiger partial charge in [-0.15, -0.1) is 0 Å². The molecule has 0 saturated carbocycles. The van der Waals surface area contributed by atoms with Gasteiger partial charge < -0.3 is 19.9 Å². The van der Waals surface area contributed by atoms with Crippen LogP contribution in [-0.4, -0.2) is 42.5 Å². The molecule has 0 aromatic carbocycles. The molecule has 2 N–H and O–H groups in total. The number of amides is 1. The fourth-order valence-electron chi connectivity index (χ4n) is 2.30. The highest BCUT2D eigenvalue weighted by atomic mass is 32.1. The highest BCUT2D eigenvalue weighted by Crippen LogP contribution is 2.27. The van der Waals surface area contributed by atoms with Crippen molar-refractivity contribution < 1.29 is 24.2 Å². The van der Waals surface area contributed by atoms with Crippen LogP contribution in [0.25, 0.3) is 0 Å². The molecular weight excluding hydrogens is 290 g/mol. The molecule has 1 fully saturated rings. The molecule has 1 rings (SSSR count). The molecule has 1 unspecified atom stereocenters. The lowest BCUT2D eigenvalue weighted by Gasteiger charge is -2.35. The maximum atomic E-state index is 11.2. The molecule has 114 valence electrons. The third kappa shape index (κ3) is 6.40. The first-order valence-electron chi connectivity index (χ1n) is 5.66. The van der Waals surface area contributed by atoms with Gasteiger partial charge in [-0.25, -0.2) is 9.59 Å². The summed E-state index contributed by atoms with van der Waals surface area (Å²) in [5.41, 5.74) is 0. The van der Waals surface area contributed by atoms with Crippen molar-refractivity contribution in [1.29, 1.82) is 0 Å². The Morgan fingerprint density at radius 2 is 1.74 bits per heavy atom. The van der Waals surface area contributed by atoms with E-state index in [9.17, 15) is 9.59 Å². The molecule has 0 aromatic rings. The second kappa shape index (κ2) is 9.33. The summed E-state index contributed by atoms with van der Waals surface area (Å²) in [5, 5.41) is 11.5. The number of alkyl carbamates (subject to hydrolysis) is 1. The van der Waals surface area contributed by atoms with E-state index in [1.54, 1.807) is 0 Å².